The molecule has 1 heterocycles. The molecular weight excluding hydrogens is 375 g/mol. The highest BCUT2D eigenvalue weighted by atomic mass is 32.2. The average molecular weight is 394 g/mol. The average Bonchev–Trinajstić information content (AvgIpc) is 2.94. The summed E-state index contributed by atoms with van der Waals surface area (Å²) in [5.74, 6) is -0.260. The third kappa shape index (κ3) is 3.98. The quantitative estimate of drug-likeness (QED) is 0.428. The van der Waals surface area contributed by atoms with E-state index in [4.69, 9.17) is 0 Å². The number of imidazole rings is 1. The minimum atomic E-state index is -4.06. The topological polar surface area (TPSA) is 75.0 Å². The lowest BCUT2D eigenvalue weighted by atomic mass is 10.2. The zero-order valence-electron chi connectivity index (χ0n) is 14.6. The summed E-state index contributed by atoms with van der Waals surface area (Å²) in [5, 5.41) is -0.257. The summed E-state index contributed by atoms with van der Waals surface area (Å²) in [7, 11) is -2.48. The van der Waals surface area contributed by atoms with Gasteiger partial charge in [0.05, 0.1) is 4.90 Å². The molecule has 1 aromatic heterocycles. The van der Waals surface area contributed by atoms with E-state index in [1.807, 2.05) is 13.0 Å². The summed E-state index contributed by atoms with van der Waals surface area (Å²) < 4.78 is 52.6. The first kappa shape index (κ1) is 20.2. The normalized spacial score (nSPS) is 13.6. The number of hydrogen-bond donors (Lipinski definition) is 0. The fourth-order valence-corrected chi connectivity index (χ4v) is 5.06. The standard InChI is InChI=1S/C18H19FN2O3S2/c1-5-6-7-8-13(2)16-20-17(18(21(16)3)25(4)22)26(23,24)15-11-9-14(19)10-12-15/h5-12H,2H2,1,3-4H3/b6-5-,8-7-/t25-/m0/s1. The van der Waals surface area contributed by atoms with Crippen LogP contribution in [0.3, 0.4) is 0 Å². The molecule has 2 rings (SSSR count). The number of halogens is 1. The van der Waals surface area contributed by atoms with Crippen molar-refractivity contribution in [1.82, 2.24) is 9.55 Å². The molecule has 0 spiro atoms. The second-order valence-electron chi connectivity index (χ2n) is 5.43. The smallest absolute Gasteiger partial charge is 0.264 e. The Morgan fingerprint density at radius 2 is 1.92 bits per heavy atom. The van der Waals surface area contributed by atoms with Crippen LogP contribution < -0.4 is 0 Å². The highest BCUT2D eigenvalue weighted by Crippen LogP contribution is 2.29. The van der Waals surface area contributed by atoms with Gasteiger partial charge in [-0.1, -0.05) is 30.9 Å². The third-order valence-electron chi connectivity index (χ3n) is 3.55. The van der Waals surface area contributed by atoms with Crippen molar-refractivity contribution in [3.63, 3.8) is 0 Å². The lowest BCUT2D eigenvalue weighted by Gasteiger charge is -2.08. The monoisotopic (exact) mass is 394 g/mol. The summed E-state index contributed by atoms with van der Waals surface area (Å²) in [5.41, 5.74) is 0.470. The molecule has 8 heteroatoms. The Hall–Kier alpha value is -2.16. The summed E-state index contributed by atoms with van der Waals surface area (Å²) in [6, 6.07) is 4.42. The molecule has 138 valence electrons. The molecule has 1 aromatic carbocycles. The van der Waals surface area contributed by atoms with Crippen LogP contribution in [-0.4, -0.2) is 28.8 Å². The highest BCUT2D eigenvalue weighted by molar-refractivity contribution is 7.94. The SMILES string of the molecule is C=C(/C=C\C=C/C)c1nc(S(=O)(=O)c2ccc(F)cc2)c([S@+](C)[O-])n1C. The van der Waals surface area contributed by atoms with Gasteiger partial charge in [0.2, 0.25) is 14.9 Å². The summed E-state index contributed by atoms with van der Waals surface area (Å²) in [4.78, 5) is 4.07. The van der Waals surface area contributed by atoms with Gasteiger partial charge < -0.3 is 4.55 Å². The Balaban J connectivity index is 2.63. The maximum Gasteiger partial charge on any atom is 0.264 e. The van der Waals surface area contributed by atoms with E-state index >= 15 is 0 Å². The lowest BCUT2D eigenvalue weighted by Crippen LogP contribution is -2.12. The molecule has 0 saturated heterocycles. The Kier molecular flexibility index (Phi) is 6.22. The van der Waals surface area contributed by atoms with Crippen LogP contribution in [0.1, 0.15) is 12.7 Å². The van der Waals surface area contributed by atoms with Crippen LogP contribution in [0.25, 0.3) is 5.57 Å². The minimum absolute atomic E-state index is 0.0601. The zero-order valence-corrected chi connectivity index (χ0v) is 16.3. The predicted octanol–water partition coefficient (Wildman–Crippen LogP) is 3.27. The Bertz CT molecular complexity index is 973. The van der Waals surface area contributed by atoms with Crippen LogP contribution in [0.15, 0.2) is 70.1 Å². The van der Waals surface area contributed by atoms with E-state index in [1.54, 1.807) is 25.3 Å². The maximum absolute atomic E-state index is 13.1. The van der Waals surface area contributed by atoms with Gasteiger partial charge in [0.15, 0.2) is 0 Å². The van der Waals surface area contributed by atoms with Crippen molar-refractivity contribution in [2.24, 2.45) is 7.05 Å². The fourth-order valence-electron chi connectivity index (χ4n) is 2.32. The predicted molar refractivity (Wildman–Crippen MR) is 100 cm³/mol. The molecule has 0 aliphatic rings. The van der Waals surface area contributed by atoms with Gasteiger partial charge in [-0.2, -0.15) is 0 Å². The number of benzene rings is 1. The summed E-state index contributed by atoms with van der Waals surface area (Å²) in [6.45, 7) is 5.75. The number of sulfone groups is 1. The molecule has 0 amide bonds. The zero-order chi connectivity index (χ0) is 19.5. The molecular formula is C18H19FN2O3S2. The van der Waals surface area contributed by atoms with Crippen LogP contribution in [0.2, 0.25) is 0 Å². The van der Waals surface area contributed by atoms with Crippen molar-refractivity contribution in [3.05, 3.63) is 66.8 Å². The third-order valence-corrected chi connectivity index (χ3v) is 6.38. The first-order valence-electron chi connectivity index (χ1n) is 7.59. The first-order chi connectivity index (χ1) is 12.2. The second-order valence-corrected chi connectivity index (χ2v) is 8.59. The fraction of sp³-hybridized carbons (Fsp3) is 0.167. The largest absolute Gasteiger partial charge is 0.610 e. The van der Waals surface area contributed by atoms with E-state index in [0.717, 1.165) is 24.3 Å². The van der Waals surface area contributed by atoms with Crippen molar-refractivity contribution in [2.45, 2.75) is 21.9 Å². The second kappa shape index (κ2) is 8.03. The van der Waals surface area contributed by atoms with Crippen LogP contribution in [0.4, 0.5) is 4.39 Å². The van der Waals surface area contributed by atoms with Gasteiger partial charge >= 0.3 is 0 Å². The Morgan fingerprint density at radius 1 is 1.31 bits per heavy atom. The Morgan fingerprint density at radius 3 is 2.46 bits per heavy atom. The molecule has 5 nitrogen and oxygen atoms in total. The van der Waals surface area contributed by atoms with E-state index in [0.29, 0.717) is 5.57 Å². The van der Waals surface area contributed by atoms with Crippen molar-refractivity contribution in [3.8, 4) is 0 Å². The summed E-state index contributed by atoms with van der Waals surface area (Å²) >= 11 is -1.61. The van der Waals surface area contributed by atoms with Crippen LogP contribution >= 0.6 is 0 Å². The molecule has 26 heavy (non-hydrogen) atoms. The van der Waals surface area contributed by atoms with Crippen LogP contribution in [0, 0.1) is 5.82 Å². The molecule has 0 radical (unpaired) electrons. The van der Waals surface area contributed by atoms with Crippen molar-refractivity contribution < 1.29 is 17.4 Å². The van der Waals surface area contributed by atoms with E-state index in [2.05, 4.69) is 11.6 Å². The molecule has 0 N–H and O–H groups in total. The lowest BCUT2D eigenvalue weighted by molar-refractivity contribution is 0.573. The molecule has 0 fully saturated rings. The van der Waals surface area contributed by atoms with Gasteiger partial charge in [0.25, 0.3) is 5.03 Å². The Labute approximate surface area is 155 Å². The van der Waals surface area contributed by atoms with Crippen molar-refractivity contribution in [1.29, 1.82) is 0 Å². The highest BCUT2D eigenvalue weighted by Gasteiger charge is 2.33. The molecule has 1 atom stereocenters. The van der Waals surface area contributed by atoms with E-state index in [-0.39, 0.29) is 20.8 Å². The van der Waals surface area contributed by atoms with Gasteiger partial charge in [-0.15, -0.1) is 0 Å². The van der Waals surface area contributed by atoms with Gasteiger partial charge in [-0.05, 0) is 31.2 Å². The van der Waals surface area contributed by atoms with E-state index < -0.39 is 26.8 Å². The number of nitrogens with zero attached hydrogens (tertiary/aromatic N) is 2. The van der Waals surface area contributed by atoms with Crippen molar-refractivity contribution in [2.75, 3.05) is 6.26 Å². The number of rotatable bonds is 6. The number of aromatic nitrogens is 2. The minimum Gasteiger partial charge on any atom is -0.610 e. The van der Waals surface area contributed by atoms with Gasteiger partial charge in [0.1, 0.15) is 17.9 Å². The molecule has 0 saturated carbocycles. The van der Waals surface area contributed by atoms with Crippen LogP contribution in [0.5, 0.6) is 0 Å². The summed E-state index contributed by atoms with van der Waals surface area (Å²) in [6.07, 6.45) is 8.43. The van der Waals surface area contributed by atoms with E-state index in [1.165, 1.54) is 10.8 Å². The molecule has 0 aliphatic carbocycles. The number of hydrogen-bond acceptors (Lipinski definition) is 4. The first-order valence-corrected chi connectivity index (χ1v) is 10.6. The molecule has 2 aromatic rings. The van der Waals surface area contributed by atoms with E-state index in [9.17, 15) is 17.4 Å². The molecule has 0 unspecified atom stereocenters. The maximum atomic E-state index is 13.1. The number of allylic oxidation sites excluding steroid dienone is 5. The van der Waals surface area contributed by atoms with Crippen molar-refractivity contribution >= 4 is 26.6 Å². The molecule has 0 bridgehead atoms. The van der Waals surface area contributed by atoms with Gasteiger partial charge in [-0.25, -0.2) is 17.8 Å². The van der Waals surface area contributed by atoms with Gasteiger partial charge in [0, 0.05) is 23.8 Å². The molecule has 0 aliphatic heterocycles. The van der Waals surface area contributed by atoms with Crippen LogP contribution in [-0.2, 0) is 28.1 Å². The van der Waals surface area contributed by atoms with Gasteiger partial charge in [-0.3, -0.25) is 4.57 Å².